The van der Waals surface area contributed by atoms with Gasteiger partial charge in [0.25, 0.3) is 0 Å². The molecule has 3 aliphatic rings. The fraction of sp³-hybridized carbons (Fsp3) is 1.00. The predicted octanol–water partition coefficient (Wildman–Crippen LogP) is 4.25. The molecule has 0 aliphatic heterocycles. The Hall–Kier alpha value is 0. The highest BCUT2D eigenvalue weighted by Crippen LogP contribution is 2.81. The summed E-state index contributed by atoms with van der Waals surface area (Å²) in [6.07, 6.45) is 10.8. The molecule has 0 amide bonds. The van der Waals surface area contributed by atoms with Crippen LogP contribution in [0.1, 0.15) is 58.8 Å². The average molecular weight is 192 g/mol. The smallest absolute Gasteiger partial charge is 0.0204 e. The molecule has 0 bridgehead atoms. The molecule has 14 heavy (non-hydrogen) atoms. The maximum absolute atomic E-state index is 2.53. The molecule has 3 saturated carbocycles. The molecule has 0 aromatic heterocycles. The van der Waals surface area contributed by atoms with Gasteiger partial charge in [0, 0.05) is 0 Å². The predicted molar refractivity (Wildman–Crippen MR) is 60.1 cm³/mol. The molecule has 0 saturated heterocycles. The molecule has 0 N–H and O–H groups in total. The summed E-state index contributed by atoms with van der Waals surface area (Å²) < 4.78 is 0. The van der Waals surface area contributed by atoms with Crippen molar-refractivity contribution in [2.24, 2.45) is 29.1 Å². The minimum atomic E-state index is 0.879. The molecule has 0 heteroatoms. The summed E-state index contributed by atoms with van der Waals surface area (Å²) in [7, 11) is 0. The summed E-state index contributed by atoms with van der Waals surface area (Å²) in [4.78, 5) is 0. The summed E-state index contributed by atoms with van der Waals surface area (Å²) in [6.45, 7) is 5.03. The minimum Gasteiger partial charge on any atom is -0.0619 e. The highest BCUT2D eigenvalue weighted by molar-refractivity contribution is 5.23. The quantitative estimate of drug-likeness (QED) is 0.538. The summed E-state index contributed by atoms with van der Waals surface area (Å²) in [5.41, 5.74) is 0.879. The van der Waals surface area contributed by atoms with Crippen molar-refractivity contribution in [2.45, 2.75) is 58.8 Å². The fourth-order valence-corrected chi connectivity index (χ4v) is 5.11. The van der Waals surface area contributed by atoms with E-state index in [-0.39, 0.29) is 0 Å². The van der Waals surface area contributed by atoms with Crippen molar-refractivity contribution >= 4 is 0 Å². The third-order valence-corrected chi connectivity index (χ3v) is 5.96. The van der Waals surface area contributed by atoms with Gasteiger partial charge in [0.15, 0.2) is 0 Å². The minimum absolute atomic E-state index is 0.879. The van der Waals surface area contributed by atoms with E-state index in [1.165, 1.54) is 32.1 Å². The van der Waals surface area contributed by atoms with E-state index < -0.39 is 0 Å². The molecular weight excluding hydrogens is 168 g/mol. The monoisotopic (exact) mass is 192 g/mol. The van der Waals surface area contributed by atoms with Crippen LogP contribution >= 0.6 is 0 Å². The Morgan fingerprint density at radius 1 is 0.929 bits per heavy atom. The van der Waals surface area contributed by atoms with E-state index in [1.807, 2.05) is 0 Å². The third-order valence-electron chi connectivity index (χ3n) is 5.96. The Morgan fingerprint density at radius 3 is 2.50 bits per heavy atom. The van der Waals surface area contributed by atoms with E-state index in [2.05, 4.69) is 13.8 Å². The Kier molecular flexibility index (Phi) is 1.98. The van der Waals surface area contributed by atoms with Gasteiger partial charge in [-0.05, 0) is 41.9 Å². The molecule has 0 aromatic carbocycles. The van der Waals surface area contributed by atoms with Crippen molar-refractivity contribution < 1.29 is 0 Å². The highest BCUT2D eigenvalue weighted by atomic mass is 14.8. The van der Waals surface area contributed by atoms with Crippen molar-refractivity contribution in [3.05, 3.63) is 0 Å². The molecule has 0 aromatic rings. The van der Waals surface area contributed by atoms with E-state index in [9.17, 15) is 0 Å². The fourth-order valence-electron chi connectivity index (χ4n) is 5.11. The molecule has 0 radical (unpaired) electrons. The van der Waals surface area contributed by atoms with Gasteiger partial charge in [0.05, 0.1) is 0 Å². The van der Waals surface area contributed by atoms with Crippen LogP contribution in [0.4, 0.5) is 0 Å². The van der Waals surface area contributed by atoms with Gasteiger partial charge in [0.2, 0.25) is 0 Å². The van der Waals surface area contributed by atoms with Crippen molar-refractivity contribution in [2.75, 3.05) is 0 Å². The van der Waals surface area contributed by atoms with Gasteiger partial charge in [-0.15, -0.1) is 0 Å². The number of fused-ring (bicyclic) bond motifs is 1. The van der Waals surface area contributed by atoms with Gasteiger partial charge in [-0.1, -0.05) is 46.0 Å². The van der Waals surface area contributed by atoms with Gasteiger partial charge in [0.1, 0.15) is 0 Å². The SMILES string of the molecule is CC1C(C)C23CCCCCCCC2C13. The Morgan fingerprint density at radius 2 is 1.64 bits per heavy atom. The van der Waals surface area contributed by atoms with E-state index in [1.54, 1.807) is 12.8 Å². The van der Waals surface area contributed by atoms with Crippen LogP contribution in [0.15, 0.2) is 0 Å². The van der Waals surface area contributed by atoms with Crippen molar-refractivity contribution in [3.63, 3.8) is 0 Å². The summed E-state index contributed by atoms with van der Waals surface area (Å²) in [5, 5.41) is 0. The lowest BCUT2D eigenvalue weighted by molar-refractivity contribution is 0.0757. The first-order valence-corrected chi connectivity index (χ1v) is 6.78. The van der Waals surface area contributed by atoms with Gasteiger partial charge in [-0.25, -0.2) is 0 Å². The lowest BCUT2D eigenvalue weighted by Gasteiger charge is -2.40. The standard InChI is InChI=1S/C14H24/c1-10-11(2)14-9-7-5-3-4-6-8-12(14)13(10)14/h10-13H,3-9H2,1-2H3. The Bertz CT molecular complexity index is 232. The largest absolute Gasteiger partial charge is 0.0619 e. The maximum Gasteiger partial charge on any atom is -0.0204 e. The summed E-state index contributed by atoms with van der Waals surface area (Å²) in [5.74, 6) is 4.43. The van der Waals surface area contributed by atoms with Crippen LogP contribution in [-0.2, 0) is 0 Å². The first kappa shape index (κ1) is 9.24. The molecule has 0 nitrogen and oxygen atoms in total. The number of hydrogen-bond donors (Lipinski definition) is 0. The zero-order valence-corrected chi connectivity index (χ0v) is 9.76. The van der Waals surface area contributed by atoms with E-state index in [0.717, 1.165) is 29.1 Å². The second-order valence-corrected chi connectivity index (χ2v) is 6.20. The first-order chi connectivity index (χ1) is 6.78. The summed E-state index contributed by atoms with van der Waals surface area (Å²) >= 11 is 0. The van der Waals surface area contributed by atoms with E-state index in [0.29, 0.717) is 0 Å². The molecule has 5 unspecified atom stereocenters. The van der Waals surface area contributed by atoms with Crippen LogP contribution in [0.25, 0.3) is 0 Å². The molecule has 3 aliphatic carbocycles. The Balaban J connectivity index is 1.74. The molecule has 3 rings (SSSR count). The van der Waals surface area contributed by atoms with Gasteiger partial charge < -0.3 is 0 Å². The molecule has 3 fully saturated rings. The normalized spacial score (nSPS) is 57.0. The van der Waals surface area contributed by atoms with Crippen LogP contribution in [0.5, 0.6) is 0 Å². The molecule has 5 atom stereocenters. The van der Waals surface area contributed by atoms with Crippen molar-refractivity contribution in [1.82, 2.24) is 0 Å². The Labute approximate surface area is 88.5 Å². The van der Waals surface area contributed by atoms with Crippen LogP contribution < -0.4 is 0 Å². The second kappa shape index (κ2) is 3.00. The topological polar surface area (TPSA) is 0 Å². The van der Waals surface area contributed by atoms with Gasteiger partial charge in [-0.2, -0.15) is 0 Å². The molecule has 1 spiro atoms. The molecule has 80 valence electrons. The number of rotatable bonds is 0. The van der Waals surface area contributed by atoms with Crippen LogP contribution in [0.2, 0.25) is 0 Å². The van der Waals surface area contributed by atoms with Crippen molar-refractivity contribution in [3.8, 4) is 0 Å². The number of hydrogen-bond acceptors (Lipinski definition) is 0. The van der Waals surface area contributed by atoms with Crippen LogP contribution in [0, 0.1) is 29.1 Å². The van der Waals surface area contributed by atoms with Gasteiger partial charge in [-0.3, -0.25) is 0 Å². The van der Waals surface area contributed by atoms with Gasteiger partial charge >= 0.3 is 0 Å². The zero-order chi connectivity index (χ0) is 9.76. The highest BCUT2D eigenvalue weighted by Gasteiger charge is 2.75. The maximum atomic E-state index is 2.53. The summed E-state index contributed by atoms with van der Waals surface area (Å²) in [6, 6.07) is 0. The third kappa shape index (κ3) is 0.955. The van der Waals surface area contributed by atoms with E-state index >= 15 is 0 Å². The molecule has 0 heterocycles. The first-order valence-electron chi connectivity index (χ1n) is 6.78. The lowest BCUT2D eigenvalue weighted by atomic mass is 9.64. The average Bonchev–Trinajstić information content (AvgIpc) is 2.77. The van der Waals surface area contributed by atoms with Crippen LogP contribution in [-0.4, -0.2) is 0 Å². The zero-order valence-electron chi connectivity index (χ0n) is 9.76. The molecular formula is C14H24. The van der Waals surface area contributed by atoms with Crippen LogP contribution in [0.3, 0.4) is 0 Å². The lowest BCUT2D eigenvalue weighted by Crippen LogP contribution is -2.35. The van der Waals surface area contributed by atoms with E-state index in [4.69, 9.17) is 0 Å². The van der Waals surface area contributed by atoms with Crippen molar-refractivity contribution in [1.29, 1.82) is 0 Å². The second-order valence-electron chi connectivity index (χ2n) is 6.20.